The van der Waals surface area contributed by atoms with Gasteiger partial charge in [0.2, 0.25) is 0 Å². The summed E-state index contributed by atoms with van der Waals surface area (Å²) in [6, 6.07) is 12.4. The van der Waals surface area contributed by atoms with Crippen LogP contribution in [0, 0.1) is 18.3 Å². The first-order valence-electron chi connectivity index (χ1n) is 6.99. The van der Waals surface area contributed by atoms with Crippen LogP contribution in [0.2, 0.25) is 0 Å². The largest absolute Gasteiger partial charge is 0.497 e. The van der Waals surface area contributed by atoms with Crippen LogP contribution in [0.3, 0.4) is 0 Å². The molecule has 0 saturated carbocycles. The molecule has 0 aliphatic heterocycles. The third-order valence-corrected chi connectivity index (χ3v) is 3.95. The maximum atomic E-state index is 9.06. The maximum Gasteiger partial charge on any atom is 0.120 e. The number of hydrogen-bond donors (Lipinski definition) is 1. The number of nitriles is 1. The van der Waals surface area contributed by atoms with Gasteiger partial charge in [0.15, 0.2) is 0 Å². The minimum atomic E-state index is 0.213. The zero-order valence-corrected chi connectivity index (χ0v) is 13.0. The second-order valence-electron chi connectivity index (χ2n) is 5.19. The van der Waals surface area contributed by atoms with Crippen LogP contribution in [0.25, 0.3) is 0 Å². The number of nitrogens with one attached hydrogen (secondary N) is 1. The van der Waals surface area contributed by atoms with E-state index in [0.29, 0.717) is 5.69 Å². The summed E-state index contributed by atoms with van der Waals surface area (Å²) in [6.07, 6.45) is 0. The lowest BCUT2D eigenvalue weighted by atomic mass is 10.1. The zero-order valence-electron chi connectivity index (χ0n) is 13.0. The fourth-order valence-electron chi connectivity index (χ4n) is 2.34. The van der Waals surface area contributed by atoms with E-state index in [1.165, 1.54) is 5.56 Å². The summed E-state index contributed by atoms with van der Waals surface area (Å²) in [6.45, 7) is 4.89. The van der Waals surface area contributed by atoms with Gasteiger partial charge in [-0.3, -0.25) is 0 Å². The summed E-state index contributed by atoms with van der Waals surface area (Å²) in [5.74, 6) is 0.865. The number of nitrogens with zero attached hydrogens (tertiary/aromatic N) is 2. The van der Waals surface area contributed by atoms with E-state index in [1.807, 2.05) is 42.8 Å². The molecule has 1 aromatic carbocycles. The Labute approximate surface area is 126 Å². The molecule has 0 radical (unpaired) electrons. The topological polar surface area (TPSA) is 50.0 Å². The number of rotatable bonds is 5. The standard InChI is InChI=1S/C17H21N3O/c1-12(14-6-5-7-17(9-14)21-4)19-11-15-8-16(10-18)20(3)13(15)2/h5-9,12,19H,11H2,1-4H3/t12-/m0/s1. The Morgan fingerprint density at radius 3 is 2.76 bits per heavy atom. The third-order valence-electron chi connectivity index (χ3n) is 3.95. The quantitative estimate of drug-likeness (QED) is 0.917. The van der Waals surface area contributed by atoms with Gasteiger partial charge in [-0.2, -0.15) is 5.26 Å². The number of aromatic nitrogens is 1. The van der Waals surface area contributed by atoms with Gasteiger partial charge in [0, 0.05) is 25.3 Å². The fraction of sp³-hybridized carbons (Fsp3) is 0.353. The second kappa shape index (κ2) is 6.47. The van der Waals surface area contributed by atoms with Crippen molar-refractivity contribution in [3.63, 3.8) is 0 Å². The molecule has 0 spiro atoms. The summed E-state index contributed by atoms with van der Waals surface area (Å²) < 4.78 is 7.18. The number of ether oxygens (including phenoxy) is 1. The smallest absolute Gasteiger partial charge is 0.120 e. The van der Waals surface area contributed by atoms with E-state index in [0.717, 1.165) is 23.6 Å². The molecule has 110 valence electrons. The monoisotopic (exact) mass is 283 g/mol. The van der Waals surface area contributed by atoms with Crippen molar-refractivity contribution in [2.45, 2.75) is 26.4 Å². The molecule has 0 aliphatic rings. The Morgan fingerprint density at radius 2 is 2.14 bits per heavy atom. The van der Waals surface area contributed by atoms with Crippen molar-refractivity contribution in [1.29, 1.82) is 5.26 Å². The van der Waals surface area contributed by atoms with Crippen molar-refractivity contribution in [2.75, 3.05) is 7.11 Å². The molecule has 1 atom stereocenters. The Balaban J connectivity index is 2.07. The normalized spacial score (nSPS) is 12.0. The van der Waals surface area contributed by atoms with Crippen LogP contribution in [0.4, 0.5) is 0 Å². The van der Waals surface area contributed by atoms with Crippen molar-refractivity contribution in [3.05, 3.63) is 52.8 Å². The van der Waals surface area contributed by atoms with Crippen LogP contribution in [0.1, 0.15) is 35.5 Å². The van der Waals surface area contributed by atoms with Crippen molar-refractivity contribution < 1.29 is 4.74 Å². The molecule has 1 N–H and O–H groups in total. The SMILES string of the molecule is COc1cccc([C@H](C)NCc2cc(C#N)n(C)c2C)c1. The lowest BCUT2D eigenvalue weighted by Gasteiger charge is -2.15. The average Bonchev–Trinajstić information content (AvgIpc) is 2.80. The molecule has 0 amide bonds. The summed E-state index contributed by atoms with van der Waals surface area (Å²) >= 11 is 0. The highest BCUT2D eigenvalue weighted by molar-refractivity contribution is 5.34. The Kier molecular flexibility index (Phi) is 4.66. The predicted molar refractivity (Wildman–Crippen MR) is 83.1 cm³/mol. The molecule has 21 heavy (non-hydrogen) atoms. The molecule has 0 saturated heterocycles. The van der Waals surface area contributed by atoms with Gasteiger partial charge in [0.05, 0.1) is 7.11 Å². The molecule has 0 bridgehead atoms. The van der Waals surface area contributed by atoms with Gasteiger partial charge in [-0.15, -0.1) is 0 Å². The van der Waals surface area contributed by atoms with Gasteiger partial charge in [0.25, 0.3) is 0 Å². The lowest BCUT2D eigenvalue weighted by Crippen LogP contribution is -2.18. The van der Waals surface area contributed by atoms with E-state index >= 15 is 0 Å². The fourth-order valence-corrected chi connectivity index (χ4v) is 2.34. The van der Waals surface area contributed by atoms with Gasteiger partial charge in [-0.05, 0) is 43.2 Å². The molecule has 0 fully saturated rings. The van der Waals surface area contributed by atoms with Crippen LogP contribution in [0.15, 0.2) is 30.3 Å². The van der Waals surface area contributed by atoms with Gasteiger partial charge >= 0.3 is 0 Å². The minimum Gasteiger partial charge on any atom is -0.497 e. The number of benzene rings is 1. The summed E-state index contributed by atoms with van der Waals surface area (Å²) in [4.78, 5) is 0. The number of methoxy groups -OCH3 is 1. The van der Waals surface area contributed by atoms with Gasteiger partial charge < -0.3 is 14.6 Å². The van der Waals surface area contributed by atoms with Crippen molar-refractivity contribution in [2.24, 2.45) is 7.05 Å². The van der Waals surface area contributed by atoms with E-state index in [1.54, 1.807) is 7.11 Å². The molecular weight excluding hydrogens is 262 g/mol. The first-order valence-corrected chi connectivity index (χ1v) is 6.99. The van der Waals surface area contributed by atoms with Gasteiger partial charge in [0.1, 0.15) is 17.5 Å². The third kappa shape index (κ3) is 3.26. The maximum absolute atomic E-state index is 9.06. The molecule has 1 heterocycles. The van der Waals surface area contributed by atoms with Gasteiger partial charge in [-0.1, -0.05) is 12.1 Å². The minimum absolute atomic E-state index is 0.213. The predicted octanol–water partition coefficient (Wildman–Crippen LogP) is 3.06. The first kappa shape index (κ1) is 15.1. The Bertz CT molecular complexity index is 667. The molecule has 0 aliphatic carbocycles. The molecule has 2 aromatic rings. The van der Waals surface area contributed by atoms with Crippen LogP contribution in [-0.2, 0) is 13.6 Å². The summed E-state index contributed by atoms with van der Waals surface area (Å²) in [5, 5.41) is 12.6. The van der Waals surface area contributed by atoms with E-state index in [2.05, 4.69) is 24.4 Å². The molecule has 2 rings (SSSR count). The summed E-state index contributed by atoms with van der Waals surface area (Å²) in [5.41, 5.74) is 4.16. The first-order chi connectivity index (χ1) is 10.1. The lowest BCUT2D eigenvalue weighted by molar-refractivity contribution is 0.413. The van der Waals surface area contributed by atoms with E-state index in [9.17, 15) is 0 Å². The molecule has 4 heteroatoms. The molecular formula is C17H21N3O. The second-order valence-corrected chi connectivity index (χ2v) is 5.19. The van der Waals surface area contributed by atoms with Crippen LogP contribution < -0.4 is 10.1 Å². The molecule has 0 unspecified atom stereocenters. The average molecular weight is 283 g/mol. The van der Waals surface area contributed by atoms with Crippen LogP contribution in [0.5, 0.6) is 5.75 Å². The Hall–Kier alpha value is -2.25. The van der Waals surface area contributed by atoms with Crippen LogP contribution in [-0.4, -0.2) is 11.7 Å². The highest BCUT2D eigenvalue weighted by Gasteiger charge is 2.11. The highest BCUT2D eigenvalue weighted by Crippen LogP contribution is 2.20. The Morgan fingerprint density at radius 1 is 1.38 bits per heavy atom. The van der Waals surface area contributed by atoms with Crippen molar-refractivity contribution in [3.8, 4) is 11.8 Å². The number of hydrogen-bond acceptors (Lipinski definition) is 3. The van der Waals surface area contributed by atoms with Crippen molar-refractivity contribution >= 4 is 0 Å². The van der Waals surface area contributed by atoms with E-state index in [4.69, 9.17) is 10.00 Å². The van der Waals surface area contributed by atoms with E-state index in [-0.39, 0.29) is 6.04 Å². The van der Waals surface area contributed by atoms with Crippen LogP contribution >= 0.6 is 0 Å². The zero-order chi connectivity index (χ0) is 15.4. The van der Waals surface area contributed by atoms with E-state index < -0.39 is 0 Å². The van der Waals surface area contributed by atoms with Gasteiger partial charge in [-0.25, -0.2) is 0 Å². The summed E-state index contributed by atoms with van der Waals surface area (Å²) in [7, 11) is 3.59. The molecule has 4 nitrogen and oxygen atoms in total. The molecule has 1 aromatic heterocycles. The van der Waals surface area contributed by atoms with Crippen molar-refractivity contribution in [1.82, 2.24) is 9.88 Å². The highest BCUT2D eigenvalue weighted by atomic mass is 16.5.